The number of likely N-dealkylation sites (N-methyl/N-ethyl adjacent to an activating group) is 1. The molecule has 4 heterocycles. The quantitative estimate of drug-likeness (QED) is 0.0252. The molecular formula is C75H91N11O13. The average molecular weight is 1350 g/mol. The van der Waals surface area contributed by atoms with Gasteiger partial charge in [0.2, 0.25) is 0 Å². The third-order valence-corrected chi connectivity index (χ3v) is 16.1. The van der Waals surface area contributed by atoms with Gasteiger partial charge in [-0.2, -0.15) is 0 Å². The Labute approximate surface area is 577 Å². The molecule has 24 nitrogen and oxygen atoms in total. The Kier molecular flexibility index (Phi) is 27.8. The fraction of sp³-hybridized carbons (Fsp3) is 0.360. The number of pyridine rings is 3. The third-order valence-electron chi connectivity index (χ3n) is 16.1. The summed E-state index contributed by atoms with van der Waals surface area (Å²) in [7, 11) is 6.60. The summed E-state index contributed by atoms with van der Waals surface area (Å²) in [5, 5.41) is 15.1. The van der Waals surface area contributed by atoms with Crippen LogP contribution in [0.2, 0.25) is 0 Å². The molecule has 0 aliphatic carbocycles. The fourth-order valence-electron chi connectivity index (χ4n) is 10.7. The van der Waals surface area contributed by atoms with Crippen LogP contribution in [-0.2, 0) is 61.8 Å². The summed E-state index contributed by atoms with van der Waals surface area (Å²) in [6.07, 6.45) is 8.88. The number of aromatic nitrogens is 3. The minimum absolute atomic E-state index is 0.0225. The van der Waals surface area contributed by atoms with Gasteiger partial charge in [0.25, 0.3) is 40.3 Å². The van der Waals surface area contributed by atoms with E-state index in [2.05, 4.69) is 31.5 Å². The number of carbonyl (C=O) groups excluding carboxylic acids is 5. The number of hydrogen-bond donors (Lipinski definition) is 5. The van der Waals surface area contributed by atoms with Gasteiger partial charge in [0.05, 0.1) is 28.8 Å². The second kappa shape index (κ2) is 37.1. The molecular weight excluding hydrogens is 1260 g/mol. The Morgan fingerprint density at radius 3 is 1.29 bits per heavy atom. The summed E-state index contributed by atoms with van der Waals surface area (Å²) >= 11 is 0. The van der Waals surface area contributed by atoms with Gasteiger partial charge >= 0.3 is 6.09 Å². The second-order valence-corrected chi connectivity index (χ2v) is 25.1. The molecule has 0 bridgehead atoms. The van der Waals surface area contributed by atoms with E-state index in [1.54, 1.807) is 48.0 Å². The van der Waals surface area contributed by atoms with Crippen LogP contribution in [0.15, 0.2) is 196 Å². The molecule has 1 aliphatic rings. The first-order valence-corrected chi connectivity index (χ1v) is 33.1. The lowest BCUT2D eigenvalue weighted by Crippen LogP contribution is -2.49. The summed E-state index contributed by atoms with van der Waals surface area (Å²) in [6, 6.07) is 41.4. The molecule has 1 atom stereocenters. The van der Waals surface area contributed by atoms with Gasteiger partial charge in [-0.05, 0) is 86.6 Å². The lowest BCUT2D eigenvalue weighted by Gasteiger charge is -2.31. The highest BCUT2D eigenvalue weighted by molar-refractivity contribution is 5.98. The molecule has 0 fully saturated rings. The number of amides is 5. The lowest BCUT2D eigenvalue weighted by molar-refractivity contribution is -0.117. The Morgan fingerprint density at radius 1 is 0.465 bits per heavy atom. The summed E-state index contributed by atoms with van der Waals surface area (Å²) < 4.78 is 34.0. The largest absolute Gasteiger partial charge is 0.491 e. The standard InChI is InChI=1S/C75H91N11O13/c1-75(2,3)99-74(94)79-35-21-20-30-58(80-70(90)62-34-42-84(7)73(93)66(62)98-53-57-28-18-11-19-29-57)48-86(45-38-76-67(87)59-31-39-81(4)49-63(59)95-50-54-22-12-8-13-23-54)47-46-85(43-36-77-68(88)60-32-40-82(5)71(91)64(60)96-51-55-24-14-9-15-25-55)44-37-78-69(89)61-33-41-83(6)72(92)65(61)97-52-56-26-16-10-17-27-56/h8-19,22-29,31-34,39-42,58H,20-21,30,35-38,43-53H2,1-7H3,(H,76,87)(H,77,88)(H,78,89)(H,79,94)(H,80,90). The minimum Gasteiger partial charge on any atom is -0.491 e. The SMILES string of the molecule is CN1C=CC(C(=O)NCCN(CCN(CCNC(=O)c2ccn(C)c(=O)c2OCc2ccccc2)CCNC(=O)c2ccn(C)c(=O)c2OCc2ccccc2)CC(CCCCNC(=O)OC(C)(C)C)NC(=O)c2ccn(C)c(=O)c2OCc2ccccc2)=C(OCc2ccccc2)C1. The van der Waals surface area contributed by atoms with Crippen LogP contribution >= 0.6 is 0 Å². The molecule has 3 aromatic heterocycles. The number of carbonyl (C=O) groups is 5. The summed E-state index contributed by atoms with van der Waals surface area (Å²) in [5.74, 6) is -1.89. The van der Waals surface area contributed by atoms with Crippen molar-refractivity contribution < 1.29 is 47.7 Å². The van der Waals surface area contributed by atoms with E-state index in [9.17, 15) is 38.4 Å². The van der Waals surface area contributed by atoms with E-state index in [0.29, 0.717) is 50.2 Å². The number of alkyl carbamates (subject to hydrolysis) is 1. The number of ether oxygens (including phenoxy) is 5. The van der Waals surface area contributed by atoms with Crippen LogP contribution in [0.4, 0.5) is 4.79 Å². The molecule has 0 saturated carbocycles. The van der Waals surface area contributed by atoms with Crippen LogP contribution in [-0.4, -0.2) is 149 Å². The zero-order chi connectivity index (χ0) is 70.7. The van der Waals surface area contributed by atoms with E-state index in [-0.39, 0.29) is 119 Å². The van der Waals surface area contributed by atoms with Gasteiger partial charge in [0, 0.05) is 124 Å². The molecule has 0 saturated heterocycles. The van der Waals surface area contributed by atoms with Crippen LogP contribution in [0.1, 0.15) is 93.4 Å². The molecule has 7 aromatic rings. The zero-order valence-corrected chi connectivity index (χ0v) is 57.5. The van der Waals surface area contributed by atoms with Gasteiger partial charge in [0.1, 0.15) is 37.8 Å². The van der Waals surface area contributed by atoms with Crippen LogP contribution in [0.5, 0.6) is 17.2 Å². The molecule has 5 amide bonds. The number of aryl methyl sites for hydroxylation is 3. The molecule has 0 radical (unpaired) electrons. The van der Waals surface area contributed by atoms with E-state index >= 15 is 0 Å². The normalized spacial score (nSPS) is 12.4. The van der Waals surface area contributed by atoms with Crippen molar-refractivity contribution in [1.29, 1.82) is 0 Å². The van der Waals surface area contributed by atoms with Crippen molar-refractivity contribution >= 4 is 29.7 Å². The van der Waals surface area contributed by atoms with Gasteiger partial charge in [-0.15, -0.1) is 0 Å². The van der Waals surface area contributed by atoms with E-state index in [1.165, 1.54) is 50.5 Å². The monoisotopic (exact) mass is 1350 g/mol. The highest BCUT2D eigenvalue weighted by Gasteiger charge is 2.26. The average Bonchev–Trinajstić information content (AvgIpc) is 0.834. The van der Waals surface area contributed by atoms with Crippen molar-refractivity contribution in [2.45, 2.75) is 78.1 Å². The highest BCUT2D eigenvalue weighted by atomic mass is 16.6. The number of unbranched alkanes of at least 4 members (excludes halogenated alkanes) is 1. The van der Waals surface area contributed by atoms with Gasteiger partial charge in [-0.1, -0.05) is 121 Å². The molecule has 24 heteroatoms. The van der Waals surface area contributed by atoms with Crippen molar-refractivity contribution in [3.8, 4) is 17.2 Å². The maximum Gasteiger partial charge on any atom is 0.407 e. The molecule has 524 valence electrons. The summed E-state index contributed by atoms with van der Waals surface area (Å²) in [6.45, 7) is 8.06. The van der Waals surface area contributed by atoms with Crippen LogP contribution < -0.4 is 57.5 Å². The van der Waals surface area contributed by atoms with E-state index < -0.39 is 52.1 Å². The van der Waals surface area contributed by atoms with Gasteiger partial charge in [-0.25, -0.2) is 4.79 Å². The number of nitrogens with zero attached hydrogens (tertiary/aromatic N) is 6. The van der Waals surface area contributed by atoms with E-state index in [0.717, 1.165) is 22.3 Å². The number of nitrogens with one attached hydrogen (secondary N) is 5. The number of benzene rings is 4. The molecule has 1 unspecified atom stereocenters. The number of hydrogen-bond acceptors (Lipinski definition) is 16. The van der Waals surface area contributed by atoms with Gasteiger partial charge in [-0.3, -0.25) is 43.4 Å². The first-order chi connectivity index (χ1) is 47.7. The van der Waals surface area contributed by atoms with Crippen molar-refractivity contribution in [3.63, 3.8) is 0 Å². The first kappa shape index (κ1) is 74.1. The van der Waals surface area contributed by atoms with Gasteiger partial charge in [0.15, 0.2) is 17.2 Å². The van der Waals surface area contributed by atoms with Crippen molar-refractivity contribution in [2.24, 2.45) is 21.1 Å². The smallest absolute Gasteiger partial charge is 0.407 e. The lowest BCUT2D eigenvalue weighted by atomic mass is 10.1. The molecule has 8 rings (SSSR count). The Morgan fingerprint density at radius 2 is 0.859 bits per heavy atom. The topological polar surface area (TPSA) is 267 Å². The highest BCUT2D eigenvalue weighted by Crippen LogP contribution is 2.21. The maximum absolute atomic E-state index is 14.8. The van der Waals surface area contributed by atoms with Crippen molar-refractivity contribution in [3.05, 3.63) is 252 Å². The van der Waals surface area contributed by atoms with Crippen LogP contribution in [0.3, 0.4) is 0 Å². The molecule has 0 spiro atoms. The van der Waals surface area contributed by atoms with E-state index in [1.807, 2.05) is 144 Å². The predicted molar refractivity (Wildman–Crippen MR) is 377 cm³/mol. The van der Waals surface area contributed by atoms with Crippen LogP contribution in [0, 0.1) is 0 Å². The first-order valence-electron chi connectivity index (χ1n) is 33.1. The second-order valence-electron chi connectivity index (χ2n) is 25.1. The Balaban J connectivity index is 1.07. The zero-order valence-electron chi connectivity index (χ0n) is 57.5. The minimum atomic E-state index is -0.710. The molecule has 4 aromatic carbocycles. The Bertz CT molecular complexity index is 3950. The van der Waals surface area contributed by atoms with Crippen LogP contribution in [0.25, 0.3) is 0 Å². The maximum atomic E-state index is 14.8. The van der Waals surface area contributed by atoms with E-state index in [4.69, 9.17) is 23.7 Å². The Hall–Kier alpha value is -10.7. The summed E-state index contributed by atoms with van der Waals surface area (Å²) in [4.78, 5) is 117. The molecule has 5 N–H and O–H groups in total. The van der Waals surface area contributed by atoms with Crippen molar-refractivity contribution in [2.75, 3.05) is 79.0 Å². The predicted octanol–water partition coefficient (Wildman–Crippen LogP) is 6.82. The third kappa shape index (κ3) is 23.2. The van der Waals surface area contributed by atoms with Gasteiger partial charge < -0.3 is 68.9 Å². The molecule has 1 aliphatic heterocycles. The molecule has 99 heavy (non-hydrogen) atoms. The fourth-order valence-corrected chi connectivity index (χ4v) is 10.7. The van der Waals surface area contributed by atoms with Crippen molar-refractivity contribution in [1.82, 2.24) is 55.0 Å². The number of rotatable bonds is 36. The summed E-state index contributed by atoms with van der Waals surface area (Å²) in [5.41, 5.74) is 1.60.